The molecule has 0 fully saturated rings. The Morgan fingerprint density at radius 3 is 2.62 bits per heavy atom. The highest BCUT2D eigenvalue weighted by atomic mass is 32.1. The monoisotopic (exact) mass is 346 g/mol. The van der Waals surface area contributed by atoms with Gasteiger partial charge in [0.1, 0.15) is 5.82 Å². The molecule has 0 spiro atoms. The maximum absolute atomic E-state index is 13.2. The van der Waals surface area contributed by atoms with Crippen LogP contribution in [-0.4, -0.2) is 27.7 Å². The Kier molecular flexibility index (Phi) is 4.71. The summed E-state index contributed by atoms with van der Waals surface area (Å²) in [6, 6.07) is 7.53. The lowest BCUT2D eigenvalue weighted by Gasteiger charge is -2.21. The van der Waals surface area contributed by atoms with Gasteiger partial charge < -0.3 is 5.11 Å². The number of rotatable bonds is 5. The minimum Gasteiger partial charge on any atom is -0.481 e. The van der Waals surface area contributed by atoms with E-state index in [0.717, 1.165) is 16.8 Å². The van der Waals surface area contributed by atoms with E-state index in [1.165, 1.54) is 28.5 Å². The first-order valence-electron chi connectivity index (χ1n) is 7.44. The predicted molar refractivity (Wildman–Crippen MR) is 88.3 cm³/mol. The second-order valence-corrected chi connectivity index (χ2v) is 6.24. The number of carbonyl (C=O) groups is 2. The third-order valence-electron chi connectivity index (χ3n) is 3.83. The number of carboxylic acids is 1. The van der Waals surface area contributed by atoms with Crippen LogP contribution in [0.5, 0.6) is 0 Å². The summed E-state index contributed by atoms with van der Waals surface area (Å²) in [5.41, 5.74) is 2.49. The van der Waals surface area contributed by atoms with Gasteiger partial charge in [0.15, 0.2) is 0 Å². The lowest BCUT2D eigenvalue weighted by molar-refractivity contribution is -0.141. The maximum Gasteiger partial charge on any atom is 0.303 e. The standard InChI is InChI=1S/C17H15FN2O3S/c18-13-3-1-11(2-4-13)15-9-14(12-7-8-24-10-12)19-20(15)16(21)5-6-17(22)23/h1-4,7-8,10,15H,5-6,9H2,(H,22,23). The number of thiophene rings is 1. The zero-order valence-electron chi connectivity index (χ0n) is 12.7. The van der Waals surface area contributed by atoms with Gasteiger partial charge in [-0.3, -0.25) is 9.59 Å². The maximum atomic E-state index is 13.2. The van der Waals surface area contributed by atoms with E-state index in [4.69, 9.17) is 5.11 Å². The molecule has 1 aliphatic rings. The molecule has 1 aromatic carbocycles. The van der Waals surface area contributed by atoms with Gasteiger partial charge in [-0.1, -0.05) is 12.1 Å². The third-order valence-corrected chi connectivity index (χ3v) is 4.51. The number of hydrazone groups is 1. The van der Waals surface area contributed by atoms with E-state index in [-0.39, 0.29) is 30.6 Å². The molecule has 0 aliphatic carbocycles. The van der Waals surface area contributed by atoms with Gasteiger partial charge in [-0.25, -0.2) is 9.40 Å². The number of hydrogen-bond donors (Lipinski definition) is 1. The number of nitrogens with zero attached hydrogens (tertiary/aromatic N) is 2. The molecule has 7 heteroatoms. The van der Waals surface area contributed by atoms with Gasteiger partial charge in [0.05, 0.1) is 18.2 Å². The van der Waals surface area contributed by atoms with Crippen molar-refractivity contribution in [3.8, 4) is 0 Å². The molecule has 2 heterocycles. The lowest BCUT2D eigenvalue weighted by atomic mass is 9.99. The molecule has 1 unspecified atom stereocenters. The van der Waals surface area contributed by atoms with Crippen molar-refractivity contribution in [2.75, 3.05) is 0 Å². The van der Waals surface area contributed by atoms with Crippen LogP contribution in [0, 0.1) is 5.82 Å². The smallest absolute Gasteiger partial charge is 0.303 e. The summed E-state index contributed by atoms with van der Waals surface area (Å²) < 4.78 is 13.2. The normalized spacial score (nSPS) is 17.0. The average molecular weight is 346 g/mol. The summed E-state index contributed by atoms with van der Waals surface area (Å²) in [6.07, 6.45) is 0.156. The van der Waals surface area contributed by atoms with Gasteiger partial charge >= 0.3 is 5.97 Å². The van der Waals surface area contributed by atoms with Crippen molar-refractivity contribution in [2.45, 2.75) is 25.3 Å². The zero-order valence-corrected chi connectivity index (χ0v) is 13.5. The molecule has 1 aliphatic heterocycles. The Balaban J connectivity index is 1.87. The van der Waals surface area contributed by atoms with Gasteiger partial charge in [-0.15, -0.1) is 0 Å². The van der Waals surface area contributed by atoms with E-state index in [1.54, 1.807) is 12.1 Å². The number of amides is 1. The molecule has 0 saturated heterocycles. The Morgan fingerprint density at radius 1 is 1.25 bits per heavy atom. The highest BCUT2D eigenvalue weighted by Gasteiger charge is 2.33. The molecule has 3 rings (SSSR count). The number of aliphatic carboxylic acids is 1. The summed E-state index contributed by atoms with van der Waals surface area (Å²) in [6.45, 7) is 0. The van der Waals surface area contributed by atoms with Crippen molar-refractivity contribution in [3.05, 3.63) is 58.0 Å². The van der Waals surface area contributed by atoms with Crippen molar-refractivity contribution < 1.29 is 19.1 Å². The van der Waals surface area contributed by atoms with E-state index in [0.29, 0.717) is 6.42 Å². The highest BCUT2D eigenvalue weighted by Crippen LogP contribution is 2.33. The molecule has 0 saturated carbocycles. The number of hydrogen-bond acceptors (Lipinski definition) is 4. The van der Waals surface area contributed by atoms with Gasteiger partial charge in [0, 0.05) is 18.4 Å². The van der Waals surface area contributed by atoms with Crippen LogP contribution in [0.4, 0.5) is 4.39 Å². The molecule has 1 N–H and O–H groups in total. The lowest BCUT2D eigenvalue weighted by Crippen LogP contribution is -2.27. The molecular weight excluding hydrogens is 331 g/mol. The molecule has 24 heavy (non-hydrogen) atoms. The van der Waals surface area contributed by atoms with Crippen LogP contribution in [0.3, 0.4) is 0 Å². The van der Waals surface area contributed by atoms with Crippen molar-refractivity contribution in [2.24, 2.45) is 5.10 Å². The SMILES string of the molecule is O=C(O)CCC(=O)N1N=C(c2ccsc2)CC1c1ccc(F)cc1. The highest BCUT2D eigenvalue weighted by molar-refractivity contribution is 7.08. The quantitative estimate of drug-likeness (QED) is 0.902. The fraction of sp³-hybridized carbons (Fsp3) is 0.235. The van der Waals surface area contributed by atoms with Gasteiger partial charge in [-0.2, -0.15) is 16.4 Å². The Bertz CT molecular complexity index is 772. The van der Waals surface area contributed by atoms with Gasteiger partial charge in [0.2, 0.25) is 5.91 Å². The fourth-order valence-electron chi connectivity index (χ4n) is 2.62. The number of halogens is 1. The van der Waals surface area contributed by atoms with Crippen LogP contribution < -0.4 is 0 Å². The van der Waals surface area contributed by atoms with Gasteiger partial charge in [-0.05, 0) is 34.5 Å². The fourth-order valence-corrected chi connectivity index (χ4v) is 3.28. The van der Waals surface area contributed by atoms with E-state index < -0.39 is 5.97 Å². The van der Waals surface area contributed by atoms with Gasteiger partial charge in [0.25, 0.3) is 0 Å². The predicted octanol–water partition coefficient (Wildman–Crippen LogP) is 3.43. The summed E-state index contributed by atoms with van der Waals surface area (Å²) >= 11 is 1.54. The molecule has 0 radical (unpaired) electrons. The summed E-state index contributed by atoms with van der Waals surface area (Å²) in [5, 5.41) is 18.4. The second-order valence-electron chi connectivity index (χ2n) is 5.46. The van der Waals surface area contributed by atoms with Crippen LogP contribution in [0.25, 0.3) is 0 Å². The van der Waals surface area contributed by atoms with Crippen LogP contribution in [0.15, 0.2) is 46.2 Å². The first-order valence-corrected chi connectivity index (χ1v) is 8.38. The number of benzene rings is 1. The summed E-state index contributed by atoms with van der Waals surface area (Å²) in [4.78, 5) is 23.1. The minimum absolute atomic E-state index is 0.118. The molecule has 1 amide bonds. The van der Waals surface area contributed by atoms with Crippen LogP contribution in [-0.2, 0) is 9.59 Å². The summed E-state index contributed by atoms with van der Waals surface area (Å²) in [5.74, 6) is -1.72. The number of carboxylic acid groups (broad SMARTS) is 1. The van der Waals surface area contributed by atoms with E-state index in [9.17, 15) is 14.0 Å². The average Bonchev–Trinajstić information content (AvgIpc) is 3.22. The molecule has 124 valence electrons. The van der Waals surface area contributed by atoms with Crippen molar-refractivity contribution in [1.29, 1.82) is 0 Å². The molecule has 5 nitrogen and oxygen atoms in total. The van der Waals surface area contributed by atoms with Crippen molar-refractivity contribution in [3.63, 3.8) is 0 Å². The minimum atomic E-state index is -1.03. The summed E-state index contributed by atoms with van der Waals surface area (Å²) in [7, 11) is 0. The van der Waals surface area contributed by atoms with Crippen LogP contribution in [0.2, 0.25) is 0 Å². The third kappa shape index (κ3) is 3.51. The molecule has 0 bridgehead atoms. The van der Waals surface area contributed by atoms with Crippen LogP contribution in [0.1, 0.15) is 36.4 Å². The van der Waals surface area contributed by atoms with E-state index in [2.05, 4.69) is 5.10 Å². The first kappa shape index (κ1) is 16.3. The van der Waals surface area contributed by atoms with Crippen molar-refractivity contribution >= 4 is 28.9 Å². The van der Waals surface area contributed by atoms with Crippen molar-refractivity contribution in [1.82, 2.24) is 5.01 Å². The molecule has 2 aromatic rings. The Labute approximate surface area is 142 Å². The molecule has 1 aromatic heterocycles. The first-order chi connectivity index (χ1) is 11.5. The topological polar surface area (TPSA) is 70.0 Å². The second kappa shape index (κ2) is 6.92. The zero-order chi connectivity index (χ0) is 17.1. The Hall–Kier alpha value is -2.54. The van der Waals surface area contributed by atoms with Crippen LogP contribution >= 0.6 is 11.3 Å². The molecule has 1 atom stereocenters. The molecular formula is C17H15FN2O3S. The Morgan fingerprint density at radius 2 is 2.00 bits per heavy atom. The number of carbonyl (C=O) groups excluding carboxylic acids is 1. The largest absolute Gasteiger partial charge is 0.481 e. The van der Waals surface area contributed by atoms with E-state index in [1.807, 2.05) is 16.8 Å². The van der Waals surface area contributed by atoms with E-state index >= 15 is 0 Å².